The number of pyridine rings is 1. The second-order valence-corrected chi connectivity index (χ2v) is 8.85. The number of anilines is 4. The predicted molar refractivity (Wildman–Crippen MR) is 120 cm³/mol. The molecule has 1 aliphatic rings. The predicted octanol–water partition coefficient (Wildman–Crippen LogP) is 1.39. The maximum Gasteiger partial charge on any atom is 0.257 e. The molecule has 3 heterocycles. The van der Waals surface area contributed by atoms with E-state index >= 15 is 0 Å². The molecule has 1 saturated heterocycles. The van der Waals surface area contributed by atoms with Gasteiger partial charge >= 0.3 is 0 Å². The van der Waals surface area contributed by atoms with Gasteiger partial charge < -0.3 is 15.5 Å². The minimum atomic E-state index is -3.77. The molecule has 1 fully saturated rings. The number of sulfonamides is 1. The zero-order chi connectivity index (χ0) is 21.8. The van der Waals surface area contributed by atoms with E-state index in [-0.39, 0.29) is 16.4 Å². The Morgan fingerprint density at radius 1 is 0.935 bits per heavy atom. The summed E-state index contributed by atoms with van der Waals surface area (Å²) in [5, 5.41) is 0. The third-order valence-electron chi connectivity index (χ3n) is 5.05. The van der Waals surface area contributed by atoms with Gasteiger partial charge in [0.25, 0.3) is 10.0 Å². The molecule has 10 nitrogen and oxygen atoms in total. The molecule has 31 heavy (non-hydrogen) atoms. The Kier molecular flexibility index (Phi) is 5.87. The third-order valence-corrected chi connectivity index (χ3v) is 6.31. The van der Waals surface area contributed by atoms with Crippen LogP contribution < -0.4 is 25.8 Å². The summed E-state index contributed by atoms with van der Waals surface area (Å²) in [6.07, 6.45) is 3.14. The van der Waals surface area contributed by atoms with Crippen LogP contribution in [0.1, 0.15) is 5.56 Å². The monoisotopic (exact) mass is 440 g/mol. The molecule has 4 N–H and O–H groups in total. The molecule has 0 unspecified atom stereocenters. The van der Waals surface area contributed by atoms with Crippen molar-refractivity contribution >= 4 is 33.2 Å². The fraction of sp³-hybridized carbons (Fsp3) is 0.250. The normalized spacial score (nSPS) is 14.5. The number of nitrogen functional groups attached to an aromatic ring is 1. The average molecular weight is 441 g/mol. The van der Waals surface area contributed by atoms with E-state index in [1.807, 2.05) is 25.1 Å². The van der Waals surface area contributed by atoms with E-state index in [2.05, 4.69) is 35.0 Å². The molecule has 0 bridgehead atoms. The number of benzene rings is 1. The number of nitrogens with two attached hydrogens (primary N) is 1. The largest absolute Gasteiger partial charge is 0.393 e. The molecular weight excluding hydrogens is 416 g/mol. The Morgan fingerprint density at radius 3 is 2.32 bits per heavy atom. The smallest absolute Gasteiger partial charge is 0.257 e. The van der Waals surface area contributed by atoms with Crippen molar-refractivity contribution in [3.05, 3.63) is 60.6 Å². The summed E-state index contributed by atoms with van der Waals surface area (Å²) >= 11 is 0. The number of piperazine rings is 1. The molecule has 0 amide bonds. The van der Waals surface area contributed by atoms with Crippen molar-refractivity contribution < 1.29 is 8.42 Å². The van der Waals surface area contributed by atoms with Crippen LogP contribution in [0.5, 0.6) is 0 Å². The highest BCUT2D eigenvalue weighted by Gasteiger charge is 2.22. The van der Waals surface area contributed by atoms with Gasteiger partial charge in [-0.15, -0.1) is 4.83 Å². The molecule has 0 spiro atoms. The highest BCUT2D eigenvalue weighted by atomic mass is 32.2. The summed E-state index contributed by atoms with van der Waals surface area (Å²) in [6, 6.07) is 12.4. The van der Waals surface area contributed by atoms with E-state index in [0.29, 0.717) is 18.9 Å². The first-order valence-corrected chi connectivity index (χ1v) is 11.3. The molecule has 162 valence electrons. The second-order valence-electron chi connectivity index (χ2n) is 7.17. The number of nitrogens with one attached hydrogen (secondary N) is 2. The van der Waals surface area contributed by atoms with Crippen molar-refractivity contribution in [3.8, 4) is 0 Å². The summed E-state index contributed by atoms with van der Waals surface area (Å²) < 4.78 is 25.0. The Labute approximate surface area is 181 Å². The zero-order valence-corrected chi connectivity index (χ0v) is 17.9. The third kappa shape index (κ3) is 4.67. The van der Waals surface area contributed by atoms with Crippen molar-refractivity contribution in [2.75, 3.05) is 47.1 Å². The molecule has 0 atom stereocenters. The molecule has 11 heteroatoms. The summed E-state index contributed by atoms with van der Waals surface area (Å²) in [5.41, 5.74) is 10.1. The van der Waals surface area contributed by atoms with E-state index in [1.54, 1.807) is 18.3 Å². The summed E-state index contributed by atoms with van der Waals surface area (Å²) in [5.74, 6) is 1.70. The molecule has 0 saturated carbocycles. The Balaban J connectivity index is 1.43. The molecule has 1 aliphatic heterocycles. The number of hydrogen-bond donors (Lipinski definition) is 3. The van der Waals surface area contributed by atoms with Gasteiger partial charge in [0.05, 0.1) is 4.90 Å². The standard InChI is InChI=1S/C20H24N8O2S/c1-15-5-7-16(8-6-15)31(29,30)26-25-19-18(21)20(24-14-23-19)28-12-10-27(11-13-28)17-4-2-3-9-22-17/h2-9,14,26H,10-13,21H2,1H3,(H,23,24,25). The first-order valence-electron chi connectivity index (χ1n) is 9.80. The van der Waals surface area contributed by atoms with Crippen molar-refractivity contribution in [2.45, 2.75) is 11.8 Å². The summed E-state index contributed by atoms with van der Waals surface area (Å²) in [4.78, 5) is 19.5. The van der Waals surface area contributed by atoms with Crippen molar-refractivity contribution in [1.82, 2.24) is 19.8 Å². The van der Waals surface area contributed by atoms with E-state index in [9.17, 15) is 8.42 Å². The number of hydrazine groups is 1. The van der Waals surface area contributed by atoms with E-state index < -0.39 is 10.0 Å². The summed E-state index contributed by atoms with van der Waals surface area (Å²) in [7, 11) is -3.77. The number of aromatic nitrogens is 3. The lowest BCUT2D eigenvalue weighted by Crippen LogP contribution is -2.47. The van der Waals surface area contributed by atoms with Crippen LogP contribution in [-0.2, 0) is 10.0 Å². The number of aryl methyl sites for hydroxylation is 1. The van der Waals surface area contributed by atoms with Gasteiger partial charge in [0, 0.05) is 32.4 Å². The lowest BCUT2D eigenvalue weighted by molar-refractivity contribution is 0.587. The van der Waals surface area contributed by atoms with Gasteiger partial charge in [-0.05, 0) is 31.2 Å². The van der Waals surface area contributed by atoms with Gasteiger partial charge in [-0.3, -0.25) is 5.43 Å². The molecule has 0 aliphatic carbocycles. The molecule has 2 aromatic heterocycles. The van der Waals surface area contributed by atoms with Crippen LogP contribution in [0.15, 0.2) is 59.9 Å². The molecule has 4 rings (SSSR count). The van der Waals surface area contributed by atoms with E-state index in [1.165, 1.54) is 18.5 Å². The SMILES string of the molecule is Cc1ccc(S(=O)(=O)NNc2ncnc(N3CCN(c4ccccn4)CC3)c2N)cc1. The lowest BCUT2D eigenvalue weighted by atomic mass is 10.2. The maximum atomic E-state index is 12.5. The molecular formula is C20H24N8O2S. The topological polar surface area (TPSA) is 129 Å². The van der Waals surface area contributed by atoms with Gasteiger partial charge in [0.1, 0.15) is 17.8 Å². The van der Waals surface area contributed by atoms with Crippen LogP contribution in [0.3, 0.4) is 0 Å². The Morgan fingerprint density at radius 2 is 1.65 bits per heavy atom. The maximum absolute atomic E-state index is 12.5. The van der Waals surface area contributed by atoms with Crippen molar-refractivity contribution in [3.63, 3.8) is 0 Å². The average Bonchev–Trinajstić information content (AvgIpc) is 2.79. The number of rotatable bonds is 6. The van der Waals surface area contributed by atoms with Crippen LogP contribution in [-0.4, -0.2) is 49.5 Å². The quantitative estimate of drug-likeness (QED) is 0.487. The van der Waals surface area contributed by atoms with E-state index in [4.69, 9.17) is 5.73 Å². The van der Waals surface area contributed by atoms with Crippen LogP contribution in [0, 0.1) is 6.92 Å². The van der Waals surface area contributed by atoms with Gasteiger partial charge in [0.15, 0.2) is 11.6 Å². The highest BCUT2D eigenvalue weighted by Crippen LogP contribution is 2.27. The van der Waals surface area contributed by atoms with Gasteiger partial charge in [-0.1, -0.05) is 23.8 Å². The van der Waals surface area contributed by atoms with Crippen molar-refractivity contribution in [2.24, 2.45) is 0 Å². The fourth-order valence-electron chi connectivity index (χ4n) is 3.32. The zero-order valence-electron chi connectivity index (χ0n) is 17.1. The van der Waals surface area contributed by atoms with Gasteiger partial charge in [0.2, 0.25) is 0 Å². The van der Waals surface area contributed by atoms with Crippen LogP contribution in [0.2, 0.25) is 0 Å². The van der Waals surface area contributed by atoms with Crippen molar-refractivity contribution in [1.29, 1.82) is 0 Å². The first-order chi connectivity index (χ1) is 14.9. The molecule has 0 radical (unpaired) electrons. The van der Waals surface area contributed by atoms with Crippen LogP contribution >= 0.6 is 0 Å². The second kappa shape index (κ2) is 8.74. The minimum Gasteiger partial charge on any atom is -0.393 e. The number of hydrogen-bond acceptors (Lipinski definition) is 9. The minimum absolute atomic E-state index is 0.143. The van der Waals surface area contributed by atoms with Gasteiger partial charge in [-0.2, -0.15) is 0 Å². The number of nitrogens with zero attached hydrogens (tertiary/aromatic N) is 5. The Bertz CT molecular complexity index is 1130. The van der Waals surface area contributed by atoms with Crippen LogP contribution in [0.4, 0.5) is 23.1 Å². The first kappa shape index (κ1) is 20.8. The van der Waals surface area contributed by atoms with Gasteiger partial charge in [-0.25, -0.2) is 23.4 Å². The van der Waals surface area contributed by atoms with Crippen LogP contribution in [0.25, 0.3) is 0 Å². The molecule has 1 aromatic carbocycles. The molecule has 3 aromatic rings. The lowest BCUT2D eigenvalue weighted by Gasteiger charge is -2.36. The highest BCUT2D eigenvalue weighted by molar-refractivity contribution is 7.89. The summed E-state index contributed by atoms with van der Waals surface area (Å²) in [6.45, 7) is 4.83. The van der Waals surface area contributed by atoms with E-state index in [0.717, 1.165) is 24.5 Å². The Hall–Kier alpha value is -3.44. The fourth-order valence-corrected chi connectivity index (χ4v) is 4.16.